The van der Waals surface area contributed by atoms with Gasteiger partial charge in [-0.05, 0) is 19.3 Å². The maximum Gasteiger partial charge on any atom is 0.193 e. The molecule has 4 rings (SSSR count). The molecule has 7 heteroatoms. The van der Waals surface area contributed by atoms with Crippen LogP contribution in [0.5, 0.6) is 0 Å². The highest BCUT2D eigenvalue weighted by Gasteiger charge is 2.28. The molecule has 2 atom stereocenters. The first kappa shape index (κ1) is 20.6. The zero-order valence-corrected chi connectivity index (χ0v) is 18.6. The van der Waals surface area contributed by atoms with Crippen LogP contribution < -0.4 is 5.32 Å². The Balaban J connectivity index is 1.40. The predicted octanol–water partition coefficient (Wildman–Crippen LogP) is 4.10. The normalized spacial score (nSPS) is 19.8. The van der Waals surface area contributed by atoms with E-state index in [1.165, 1.54) is 5.56 Å². The lowest BCUT2D eigenvalue weighted by atomic mass is 9.93. The molecule has 2 aromatic heterocycles. The average molecular weight is 423 g/mol. The number of imidazole rings is 1. The van der Waals surface area contributed by atoms with Gasteiger partial charge in [-0.15, -0.1) is 11.3 Å². The maximum absolute atomic E-state index is 4.93. The van der Waals surface area contributed by atoms with E-state index in [1.807, 2.05) is 18.6 Å². The number of thiazole rings is 1. The van der Waals surface area contributed by atoms with Crippen molar-refractivity contribution in [3.05, 3.63) is 60.1 Å². The summed E-state index contributed by atoms with van der Waals surface area (Å²) in [6, 6.07) is 10.8. The summed E-state index contributed by atoms with van der Waals surface area (Å²) in [6.45, 7) is 8.06. The lowest BCUT2D eigenvalue weighted by Gasteiger charge is -2.39. The number of aliphatic imine (C=N–C) groups is 1. The second-order valence-electron chi connectivity index (χ2n) is 7.78. The van der Waals surface area contributed by atoms with Crippen molar-refractivity contribution in [2.24, 2.45) is 10.9 Å². The van der Waals surface area contributed by atoms with Crippen molar-refractivity contribution in [2.75, 3.05) is 26.2 Å². The number of piperidine rings is 1. The highest BCUT2D eigenvalue weighted by atomic mass is 32.1. The van der Waals surface area contributed by atoms with E-state index < -0.39 is 0 Å². The average Bonchev–Trinajstić information content (AvgIpc) is 3.47. The molecular weight excluding hydrogens is 392 g/mol. The minimum absolute atomic E-state index is 0.428. The van der Waals surface area contributed by atoms with E-state index in [1.54, 1.807) is 11.3 Å². The Morgan fingerprint density at radius 1 is 1.30 bits per heavy atom. The van der Waals surface area contributed by atoms with Crippen LogP contribution in [0.3, 0.4) is 0 Å². The van der Waals surface area contributed by atoms with Crippen LogP contribution in [0.25, 0.3) is 10.6 Å². The van der Waals surface area contributed by atoms with Crippen LogP contribution in [0.4, 0.5) is 0 Å². The number of nitrogens with zero attached hydrogens (tertiary/aromatic N) is 5. The number of likely N-dealkylation sites (tertiary alicyclic amines) is 1. The van der Waals surface area contributed by atoms with Gasteiger partial charge in [0.1, 0.15) is 5.01 Å². The fraction of sp³-hybridized carbons (Fsp3) is 0.435. The number of hydrogen-bond donors (Lipinski definition) is 1. The Morgan fingerprint density at radius 2 is 2.17 bits per heavy atom. The first-order valence-electron chi connectivity index (χ1n) is 10.7. The molecule has 0 spiro atoms. The van der Waals surface area contributed by atoms with E-state index >= 15 is 0 Å². The molecule has 1 aliphatic rings. The number of benzene rings is 1. The highest BCUT2D eigenvalue weighted by molar-refractivity contribution is 7.13. The molecule has 1 fully saturated rings. The Labute approximate surface area is 182 Å². The lowest BCUT2D eigenvalue weighted by Crippen LogP contribution is -2.49. The largest absolute Gasteiger partial charge is 0.357 e. The van der Waals surface area contributed by atoms with Crippen molar-refractivity contribution < 1.29 is 0 Å². The molecule has 3 heterocycles. The number of nitrogens with one attached hydrogen (secondary N) is 1. The molecule has 0 amide bonds. The summed E-state index contributed by atoms with van der Waals surface area (Å²) in [6.07, 6.45) is 7.87. The third kappa shape index (κ3) is 4.90. The molecular formula is C23H30N6S. The summed E-state index contributed by atoms with van der Waals surface area (Å²) >= 11 is 1.70. The van der Waals surface area contributed by atoms with Gasteiger partial charge in [-0.25, -0.2) is 9.97 Å². The molecule has 3 aromatic rings. The zero-order chi connectivity index (χ0) is 20.8. The summed E-state index contributed by atoms with van der Waals surface area (Å²) in [5.74, 6) is 1.64. The molecule has 0 aliphatic carbocycles. The van der Waals surface area contributed by atoms with Crippen molar-refractivity contribution in [1.29, 1.82) is 0 Å². The first-order valence-corrected chi connectivity index (χ1v) is 11.6. The van der Waals surface area contributed by atoms with Gasteiger partial charge in [0.15, 0.2) is 5.96 Å². The molecule has 1 saturated heterocycles. The molecule has 6 nitrogen and oxygen atoms in total. The van der Waals surface area contributed by atoms with Gasteiger partial charge >= 0.3 is 0 Å². The van der Waals surface area contributed by atoms with Gasteiger partial charge in [0.2, 0.25) is 0 Å². The fourth-order valence-electron chi connectivity index (χ4n) is 3.93. The molecule has 30 heavy (non-hydrogen) atoms. The van der Waals surface area contributed by atoms with E-state index in [4.69, 9.17) is 9.98 Å². The van der Waals surface area contributed by atoms with Crippen LogP contribution >= 0.6 is 11.3 Å². The van der Waals surface area contributed by atoms with Crippen LogP contribution in [-0.4, -0.2) is 51.6 Å². The summed E-state index contributed by atoms with van der Waals surface area (Å²) in [4.78, 5) is 16.4. The molecule has 0 saturated carbocycles. The molecule has 1 aromatic carbocycles. The van der Waals surface area contributed by atoms with Gasteiger partial charge in [-0.1, -0.05) is 37.3 Å². The summed E-state index contributed by atoms with van der Waals surface area (Å²) in [5.41, 5.74) is 2.29. The van der Waals surface area contributed by atoms with Crippen LogP contribution in [0.2, 0.25) is 0 Å². The number of hydrogen-bond acceptors (Lipinski definition) is 4. The monoisotopic (exact) mass is 422 g/mol. The van der Waals surface area contributed by atoms with E-state index in [-0.39, 0.29) is 0 Å². The highest BCUT2D eigenvalue weighted by Crippen LogP contribution is 2.27. The maximum atomic E-state index is 4.93. The van der Waals surface area contributed by atoms with E-state index in [2.05, 4.69) is 69.5 Å². The summed E-state index contributed by atoms with van der Waals surface area (Å²) in [7, 11) is 0. The van der Waals surface area contributed by atoms with Crippen LogP contribution in [0, 0.1) is 5.92 Å². The lowest BCUT2D eigenvalue weighted by molar-refractivity contribution is 0.189. The standard InChI is InChI=1S/C23H30N6S/c1-3-25-23(28-13-10-18(2)21(15-28)29-14-12-24-17-29)26-11-9-20-16-30-22(27-20)19-7-5-4-6-8-19/h4-8,12,14,16-18,21H,3,9-11,13,15H2,1-2H3,(H,25,26). The van der Waals surface area contributed by atoms with Crippen molar-refractivity contribution >= 4 is 17.3 Å². The van der Waals surface area contributed by atoms with Crippen molar-refractivity contribution in [3.63, 3.8) is 0 Å². The van der Waals surface area contributed by atoms with Crippen molar-refractivity contribution in [3.8, 4) is 10.6 Å². The van der Waals surface area contributed by atoms with Gasteiger partial charge in [0.05, 0.1) is 18.1 Å². The van der Waals surface area contributed by atoms with Crippen molar-refractivity contribution in [2.45, 2.75) is 32.7 Å². The predicted molar refractivity (Wildman–Crippen MR) is 124 cm³/mol. The Kier molecular flexibility index (Phi) is 6.79. The first-order chi connectivity index (χ1) is 14.7. The molecule has 0 bridgehead atoms. The van der Waals surface area contributed by atoms with Crippen molar-refractivity contribution in [1.82, 2.24) is 24.8 Å². The fourth-order valence-corrected chi connectivity index (χ4v) is 4.79. The number of rotatable bonds is 6. The topological polar surface area (TPSA) is 58.3 Å². The minimum atomic E-state index is 0.428. The molecule has 158 valence electrons. The van der Waals surface area contributed by atoms with E-state index in [9.17, 15) is 0 Å². The van der Waals surface area contributed by atoms with Gasteiger partial charge in [0.25, 0.3) is 0 Å². The Hall–Kier alpha value is -2.67. The van der Waals surface area contributed by atoms with Crippen LogP contribution in [0.15, 0.2) is 59.4 Å². The quantitative estimate of drug-likeness (QED) is 0.480. The van der Waals surface area contributed by atoms with Gasteiger partial charge in [-0.3, -0.25) is 4.99 Å². The van der Waals surface area contributed by atoms with Gasteiger partial charge in [-0.2, -0.15) is 0 Å². The van der Waals surface area contributed by atoms with Gasteiger partial charge in [0, 0.05) is 55.9 Å². The van der Waals surface area contributed by atoms with E-state index in [0.29, 0.717) is 12.0 Å². The Bertz CT molecular complexity index is 934. The Morgan fingerprint density at radius 3 is 2.93 bits per heavy atom. The molecule has 0 radical (unpaired) electrons. The summed E-state index contributed by atoms with van der Waals surface area (Å²) in [5, 5.41) is 6.72. The summed E-state index contributed by atoms with van der Waals surface area (Å²) < 4.78 is 2.24. The zero-order valence-electron chi connectivity index (χ0n) is 17.7. The second kappa shape index (κ2) is 9.89. The minimum Gasteiger partial charge on any atom is -0.357 e. The SMILES string of the molecule is CCNC(=NCCc1csc(-c2ccccc2)n1)N1CCC(C)C(n2ccnc2)C1. The number of aromatic nitrogens is 3. The van der Waals surface area contributed by atoms with E-state index in [0.717, 1.165) is 55.7 Å². The van der Waals surface area contributed by atoms with Gasteiger partial charge < -0.3 is 14.8 Å². The van der Waals surface area contributed by atoms with Crippen LogP contribution in [-0.2, 0) is 6.42 Å². The second-order valence-corrected chi connectivity index (χ2v) is 8.64. The third-order valence-corrected chi connectivity index (χ3v) is 6.60. The smallest absolute Gasteiger partial charge is 0.193 e. The number of guanidine groups is 1. The third-order valence-electron chi connectivity index (χ3n) is 5.66. The van der Waals surface area contributed by atoms with Crippen LogP contribution in [0.1, 0.15) is 32.0 Å². The molecule has 1 aliphatic heterocycles. The molecule has 2 unspecified atom stereocenters. The molecule has 1 N–H and O–H groups in total.